The summed E-state index contributed by atoms with van der Waals surface area (Å²) in [7, 11) is 0. The number of hydrogen-bond acceptors (Lipinski definition) is 2. The molecule has 0 fully saturated rings. The third kappa shape index (κ3) is 9.14. The van der Waals surface area contributed by atoms with Crippen LogP contribution in [0.1, 0.15) is 27.7 Å². The van der Waals surface area contributed by atoms with Crippen LogP contribution in [0.5, 0.6) is 0 Å². The quantitative estimate of drug-likeness (QED) is 0.379. The van der Waals surface area contributed by atoms with Crippen molar-refractivity contribution in [1.82, 2.24) is 5.32 Å². The lowest BCUT2D eigenvalue weighted by Gasteiger charge is -2.09. The Balaban J connectivity index is 3.47. The van der Waals surface area contributed by atoms with Gasteiger partial charge < -0.3 is 15.8 Å². The molecule has 0 aliphatic rings. The zero-order chi connectivity index (χ0) is 10.3. The van der Waals surface area contributed by atoms with Crippen LogP contribution in [0, 0.1) is 0 Å². The van der Waals surface area contributed by atoms with Gasteiger partial charge in [0.05, 0.1) is 19.3 Å². The first-order valence-corrected chi connectivity index (χ1v) is 4.70. The van der Waals surface area contributed by atoms with E-state index in [9.17, 15) is 0 Å². The summed E-state index contributed by atoms with van der Waals surface area (Å²) in [6.07, 6.45) is 0.259. The van der Waals surface area contributed by atoms with Gasteiger partial charge in [-0.3, -0.25) is 4.99 Å². The number of hydrogen-bond donors (Lipinski definition) is 2. The standard InChI is InChI=1S/C9H21N3O/c1-7(2)12-9(10)11-5-6-13-8(3)4/h7-8H,5-6H2,1-4H3,(H3,10,11,12). The first-order chi connectivity index (χ1) is 6.02. The molecule has 0 saturated carbocycles. The van der Waals surface area contributed by atoms with Gasteiger partial charge in [0.25, 0.3) is 0 Å². The summed E-state index contributed by atoms with van der Waals surface area (Å²) in [6, 6.07) is 0.328. The average molecular weight is 187 g/mol. The van der Waals surface area contributed by atoms with Crippen molar-refractivity contribution in [2.24, 2.45) is 10.7 Å². The summed E-state index contributed by atoms with van der Waals surface area (Å²) in [4.78, 5) is 4.09. The number of nitrogens with zero attached hydrogens (tertiary/aromatic N) is 1. The van der Waals surface area contributed by atoms with Gasteiger partial charge in [-0.25, -0.2) is 0 Å². The van der Waals surface area contributed by atoms with E-state index in [1.807, 2.05) is 27.7 Å². The maximum Gasteiger partial charge on any atom is 0.188 e. The third-order valence-electron chi connectivity index (χ3n) is 1.26. The van der Waals surface area contributed by atoms with E-state index in [1.165, 1.54) is 0 Å². The van der Waals surface area contributed by atoms with Crippen LogP contribution in [0.25, 0.3) is 0 Å². The topological polar surface area (TPSA) is 59.6 Å². The highest BCUT2D eigenvalue weighted by molar-refractivity contribution is 5.77. The molecule has 13 heavy (non-hydrogen) atoms. The van der Waals surface area contributed by atoms with Gasteiger partial charge in [-0.1, -0.05) is 0 Å². The number of nitrogens with two attached hydrogens (primary N) is 1. The van der Waals surface area contributed by atoms with Gasteiger partial charge in [0, 0.05) is 6.04 Å². The maximum atomic E-state index is 5.57. The Labute approximate surface area is 80.6 Å². The van der Waals surface area contributed by atoms with Crippen LogP contribution in [0.3, 0.4) is 0 Å². The Morgan fingerprint density at radius 2 is 2.00 bits per heavy atom. The molecule has 0 spiro atoms. The van der Waals surface area contributed by atoms with Gasteiger partial charge in [0.1, 0.15) is 0 Å². The van der Waals surface area contributed by atoms with Crippen LogP contribution in [0.4, 0.5) is 0 Å². The van der Waals surface area contributed by atoms with Crippen molar-refractivity contribution in [3.05, 3.63) is 0 Å². The maximum absolute atomic E-state index is 5.57. The predicted octanol–water partition coefficient (Wildman–Crippen LogP) is 0.724. The molecule has 78 valence electrons. The molecule has 0 saturated heterocycles. The molecule has 0 unspecified atom stereocenters. The normalized spacial score (nSPS) is 12.6. The van der Waals surface area contributed by atoms with Crippen molar-refractivity contribution in [2.75, 3.05) is 13.2 Å². The molecule has 0 radical (unpaired) electrons. The lowest BCUT2D eigenvalue weighted by Crippen LogP contribution is -2.37. The Hall–Kier alpha value is -0.770. The molecule has 0 heterocycles. The lowest BCUT2D eigenvalue weighted by molar-refractivity contribution is 0.0853. The van der Waals surface area contributed by atoms with Crippen molar-refractivity contribution in [3.8, 4) is 0 Å². The highest BCUT2D eigenvalue weighted by atomic mass is 16.5. The lowest BCUT2D eigenvalue weighted by atomic mass is 10.4. The summed E-state index contributed by atoms with van der Waals surface area (Å²) in [5.74, 6) is 0.488. The van der Waals surface area contributed by atoms with E-state index < -0.39 is 0 Å². The van der Waals surface area contributed by atoms with Crippen molar-refractivity contribution in [2.45, 2.75) is 39.8 Å². The number of ether oxygens (including phenoxy) is 1. The molecule has 0 aliphatic carbocycles. The molecule has 4 heteroatoms. The second kappa shape index (κ2) is 6.71. The van der Waals surface area contributed by atoms with Crippen molar-refractivity contribution in [1.29, 1.82) is 0 Å². The van der Waals surface area contributed by atoms with Gasteiger partial charge in [0.15, 0.2) is 5.96 Å². The Morgan fingerprint density at radius 3 is 2.46 bits per heavy atom. The smallest absolute Gasteiger partial charge is 0.188 e. The number of aliphatic imine (C=N–C) groups is 1. The summed E-state index contributed by atoms with van der Waals surface area (Å²) in [5.41, 5.74) is 5.57. The fourth-order valence-corrected chi connectivity index (χ4v) is 0.796. The van der Waals surface area contributed by atoms with Crippen LogP contribution >= 0.6 is 0 Å². The second-order valence-corrected chi connectivity index (χ2v) is 3.49. The minimum atomic E-state index is 0.259. The second-order valence-electron chi connectivity index (χ2n) is 3.49. The van der Waals surface area contributed by atoms with Crippen LogP contribution in [-0.4, -0.2) is 31.3 Å². The Kier molecular flexibility index (Phi) is 6.32. The fourth-order valence-electron chi connectivity index (χ4n) is 0.796. The highest BCUT2D eigenvalue weighted by Crippen LogP contribution is 1.86. The summed E-state index contributed by atoms with van der Waals surface area (Å²) in [5, 5.41) is 3.00. The van der Waals surface area contributed by atoms with E-state index in [0.29, 0.717) is 25.2 Å². The molecule has 4 nitrogen and oxygen atoms in total. The zero-order valence-electron chi connectivity index (χ0n) is 9.00. The molecule has 0 amide bonds. The summed E-state index contributed by atoms with van der Waals surface area (Å²) < 4.78 is 5.31. The van der Waals surface area contributed by atoms with Gasteiger partial charge in [-0.2, -0.15) is 0 Å². The first kappa shape index (κ1) is 12.2. The molecule has 0 aromatic heterocycles. The minimum Gasteiger partial charge on any atom is -0.377 e. The van der Waals surface area contributed by atoms with Crippen molar-refractivity contribution >= 4 is 5.96 Å². The van der Waals surface area contributed by atoms with E-state index >= 15 is 0 Å². The molecular weight excluding hydrogens is 166 g/mol. The molecule has 3 N–H and O–H groups in total. The monoisotopic (exact) mass is 187 g/mol. The van der Waals surface area contributed by atoms with E-state index in [-0.39, 0.29) is 6.10 Å². The Morgan fingerprint density at radius 1 is 1.38 bits per heavy atom. The first-order valence-electron chi connectivity index (χ1n) is 4.70. The minimum absolute atomic E-state index is 0.259. The van der Waals surface area contributed by atoms with Crippen LogP contribution in [-0.2, 0) is 4.74 Å². The summed E-state index contributed by atoms with van der Waals surface area (Å²) >= 11 is 0. The van der Waals surface area contributed by atoms with E-state index in [2.05, 4.69) is 10.3 Å². The number of nitrogens with one attached hydrogen (secondary N) is 1. The van der Waals surface area contributed by atoms with Crippen LogP contribution in [0.2, 0.25) is 0 Å². The van der Waals surface area contributed by atoms with Crippen molar-refractivity contribution in [3.63, 3.8) is 0 Å². The molecular formula is C9H21N3O. The van der Waals surface area contributed by atoms with Gasteiger partial charge in [-0.05, 0) is 27.7 Å². The van der Waals surface area contributed by atoms with Crippen molar-refractivity contribution < 1.29 is 4.74 Å². The largest absolute Gasteiger partial charge is 0.377 e. The van der Waals surface area contributed by atoms with Gasteiger partial charge in [0.2, 0.25) is 0 Å². The fraction of sp³-hybridized carbons (Fsp3) is 0.889. The molecule has 0 atom stereocenters. The Bertz CT molecular complexity index is 155. The number of rotatable bonds is 5. The SMILES string of the molecule is CC(C)NC(N)=NCCOC(C)C. The van der Waals surface area contributed by atoms with E-state index in [1.54, 1.807) is 0 Å². The molecule has 0 rings (SSSR count). The molecule has 0 bridgehead atoms. The average Bonchev–Trinajstić information content (AvgIpc) is 1.96. The molecule has 0 aliphatic heterocycles. The van der Waals surface area contributed by atoms with Gasteiger partial charge >= 0.3 is 0 Å². The third-order valence-corrected chi connectivity index (χ3v) is 1.26. The predicted molar refractivity (Wildman–Crippen MR) is 55.8 cm³/mol. The van der Waals surface area contributed by atoms with E-state index in [4.69, 9.17) is 10.5 Å². The van der Waals surface area contributed by atoms with Gasteiger partial charge in [-0.15, -0.1) is 0 Å². The zero-order valence-corrected chi connectivity index (χ0v) is 9.00. The van der Waals surface area contributed by atoms with Crippen LogP contribution < -0.4 is 11.1 Å². The highest BCUT2D eigenvalue weighted by Gasteiger charge is 1.95. The molecule has 0 aromatic rings. The van der Waals surface area contributed by atoms with E-state index in [0.717, 1.165) is 0 Å². The number of guanidine groups is 1. The van der Waals surface area contributed by atoms with Crippen LogP contribution in [0.15, 0.2) is 4.99 Å². The summed E-state index contributed by atoms with van der Waals surface area (Å²) in [6.45, 7) is 9.28. The molecule has 0 aromatic carbocycles.